The average Bonchev–Trinajstić information content (AvgIpc) is 2.89. The molecule has 2 aromatic heterocycles. The first-order valence-electron chi connectivity index (χ1n) is 6.00. The van der Waals surface area contributed by atoms with Gasteiger partial charge in [0.05, 0.1) is 12.1 Å². The monoisotopic (exact) mass is 259 g/mol. The van der Waals surface area contributed by atoms with Crippen LogP contribution in [0.5, 0.6) is 0 Å². The molecule has 0 radical (unpaired) electrons. The number of hydrogen-bond acceptors (Lipinski definition) is 3. The van der Waals surface area contributed by atoms with Gasteiger partial charge in [-0.15, -0.1) is 11.3 Å². The first-order valence-corrected chi connectivity index (χ1v) is 6.88. The Labute approximate surface area is 111 Å². The molecule has 0 atom stereocenters. The van der Waals surface area contributed by atoms with Gasteiger partial charge in [0, 0.05) is 10.6 Å². The molecule has 0 unspecified atom stereocenters. The number of nitrogens with two attached hydrogens (primary N) is 1. The van der Waals surface area contributed by atoms with Gasteiger partial charge >= 0.3 is 0 Å². The fourth-order valence-corrected chi connectivity index (χ4v) is 3.16. The zero-order chi connectivity index (χ0) is 13.3. The number of hydrogen-bond donors (Lipinski definition) is 1. The first-order chi connectivity index (χ1) is 8.60. The number of nitrogen functional groups attached to an aromatic ring is 1. The van der Waals surface area contributed by atoms with Gasteiger partial charge in [-0.1, -0.05) is 6.92 Å². The quantitative estimate of drug-likeness (QED) is 0.920. The molecule has 3 nitrogen and oxygen atoms in total. The van der Waals surface area contributed by atoms with Crippen molar-refractivity contribution in [3.8, 4) is 6.07 Å². The summed E-state index contributed by atoms with van der Waals surface area (Å²) in [5.74, 6) is 0.586. The van der Waals surface area contributed by atoms with E-state index in [1.165, 1.54) is 10.4 Å². The minimum atomic E-state index is 0.586. The highest BCUT2D eigenvalue weighted by atomic mass is 32.1. The number of nitrogens with zero attached hydrogens (tertiary/aromatic N) is 2. The van der Waals surface area contributed by atoms with Crippen LogP contribution in [-0.4, -0.2) is 4.57 Å². The van der Waals surface area contributed by atoms with E-state index >= 15 is 0 Å². The van der Waals surface area contributed by atoms with Crippen molar-refractivity contribution in [1.29, 1.82) is 5.26 Å². The summed E-state index contributed by atoms with van der Waals surface area (Å²) in [5.41, 5.74) is 10.1. The molecule has 0 aromatic carbocycles. The molecule has 0 spiro atoms. The lowest BCUT2D eigenvalue weighted by molar-refractivity contribution is 0.787. The zero-order valence-electron chi connectivity index (χ0n) is 10.9. The van der Waals surface area contributed by atoms with Gasteiger partial charge in [0.2, 0.25) is 0 Å². The molecule has 2 aromatic rings. The third-order valence-corrected chi connectivity index (χ3v) is 4.45. The molecule has 0 fully saturated rings. The first kappa shape index (κ1) is 12.7. The molecule has 94 valence electrons. The predicted octanol–water partition coefficient (Wildman–Crippen LogP) is 3.23. The Bertz CT molecular complexity index is 614. The molecule has 2 rings (SSSR count). The number of nitriles is 1. The Kier molecular flexibility index (Phi) is 3.44. The number of thiophene rings is 1. The number of rotatable bonds is 3. The van der Waals surface area contributed by atoms with Gasteiger partial charge in [-0.25, -0.2) is 0 Å². The van der Waals surface area contributed by atoms with Crippen molar-refractivity contribution in [3.63, 3.8) is 0 Å². The van der Waals surface area contributed by atoms with Crippen molar-refractivity contribution >= 4 is 17.2 Å². The summed E-state index contributed by atoms with van der Waals surface area (Å²) in [7, 11) is 0. The topological polar surface area (TPSA) is 54.7 Å². The maximum absolute atomic E-state index is 9.12. The smallest absolute Gasteiger partial charge is 0.122 e. The lowest BCUT2D eigenvalue weighted by Gasteiger charge is -2.09. The summed E-state index contributed by atoms with van der Waals surface area (Å²) in [4.78, 5) is 1.33. The van der Waals surface area contributed by atoms with E-state index in [1.807, 2.05) is 18.4 Å². The molecule has 0 saturated carbocycles. The molecular weight excluding hydrogens is 242 g/mol. The third kappa shape index (κ3) is 1.91. The molecule has 0 aliphatic rings. The van der Waals surface area contributed by atoms with Crippen LogP contribution in [0.1, 0.15) is 34.2 Å². The fourth-order valence-electron chi connectivity index (χ4n) is 2.20. The summed E-state index contributed by atoms with van der Waals surface area (Å²) in [5, 5.41) is 11.2. The summed E-state index contributed by atoms with van der Waals surface area (Å²) >= 11 is 1.75. The number of anilines is 1. The van der Waals surface area contributed by atoms with Crippen LogP contribution in [0.4, 0.5) is 5.82 Å². The Hall–Kier alpha value is -1.73. The largest absolute Gasteiger partial charge is 0.384 e. The van der Waals surface area contributed by atoms with Crippen LogP contribution in [0.15, 0.2) is 11.4 Å². The Morgan fingerprint density at radius 2 is 2.17 bits per heavy atom. The van der Waals surface area contributed by atoms with Crippen LogP contribution in [0.2, 0.25) is 0 Å². The van der Waals surface area contributed by atoms with Crippen LogP contribution in [0.3, 0.4) is 0 Å². The fraction of sp³-hybridized carbons (Fsp3) is 0.357. The van der Waals surface area contributed by atoms with Crippen molar-refractivity contribution in [3.05, 3.63) is 38.7 Å². The normalized spacial score (nSPS) is 10.6. The Morgan fingerprint density at radius 3 is 2.72 bits per heavy atom. The van der Waals surface area contributed by atoms with Crippen LogP contribution in [0, 0.1) is 25.2 Å². The van der Waals surface area contributed by atoms with Gasteiger partial charge < -0.3 is 10.3 Å². The van der Waals surface area contributed by atoms with Gasteiger partial charge in [0.15, 0.2) is 0 Å². The molecule has 4 heteroatoms. The van der Waals surface area contributed by atoms with E-state index in [2.05, 4.69) is 24.4 Å². The highest BCUT2D eigenvalue weighted by Crippen LogP contribution is 2.27. The molecule has 0 aliphatic heterocycles. The second-order valence-electron chi connectivity index (χ2n) is 4.39. The minimum absolute atomic E-state index is 0.586. The summed E-state index contributed by atoms with van der Waals surface area (Å²) < 4.78 is 2.04. The highest BCUT2D eigenvalue weighted by molar-refractivity contribution is 7.10. The maximum atomic E-state index is 9.12. The summed E-state index contributed by atoms with van der Waals surface area (Å²) in [6, 6.07) is 4.35. The van der Waals surface area contributed by atoms with E-state index < -0.39 is 0 Å². The van der Waals surface area contributed by atoms with E-state index in [4.69, 9.17) is 11.0 Å². The van der Waals surface area contributed by atoms with E-state index in [0.29, 0.717) is 11.4 Å². The molecule has 0 saturated heterocycles. The van der Waals surface area contributed by atoms with E-state index in [9.17, 15) is 0 Å². The molecule has 0 bridgehead atoms. The Morgan fingerprint density at radius 1 is 1.44 bits per heavy atom. The van der Waals surface area contributed by atoms with Crippen molar-refractivity contribution in [2.24, 2.45) is 0 Å². The van der Waals surface area contributed by atoms with Crippen molar-refractivity contribution in [2.45, 2.75) is 33.7 Å². The molecular formula is C14H17N3S. The van der Waals surface area contributed by atoms with Crippen molar-refractivity contribution in [1.82, 2.24) is 4.57 Å². The Balaban J connectivity index is 2.45. The second kappa shape index (κ2) is 4.87. The third-order valence-electron chi connectivity index (χ3n) is 3.50. The van der Waals surface area contributed by atoms with Crippen LogP contribution in [0.25, 0.3) is 0 Å². The van der Waals surface area contributed by atoms with Gasteiger partial charge in [-0.3, -0.25) is 0 Å². The average molecular weight is 259 g/mol. The van der Waals surface area contributed by atoms with Gasteiger partial charge in [0.25, 0.3) is 0 Å². The van der Waals surface area contributed by atoms with E-state index in [-0.39, 0.29) is 0 Å². The summed E-state index contributed by atoms with van der Waals surface area (Å²) in [6.45, 7) is 6.89. The second-order valence-corrected chi connectivity index (χ2v) is 5.39. The predicted molar refractivity (Wildman–Crippen MR) is 75.8 cm³/mol. The number of aromatic nitrogens is 1. The minimum Gasteiger partial charge on any atom is -0.384 e. The highest BCUT2D eigenvalue weighted by Gasteiger charge is 2.16. The lowest BCUT2D eigenvalue weighted by atomic mass is 10.2. The van der Waals surface area contributed by atoms with E-state index in [1.54, 1.807) is 11.3 Å². The van der Waals surface area contributed by atoms with Crippen LogP contribution >= 0.6 is 11.3 Å². The van der Waals surface area contributed by atoms with Crippen LogP contribution in [-0.2, 0) is 13.0 Å². The molecule has 0 amide bonds. The summed E-state index contributed by atoms with van der Waals surface area (Å²) in [6.07, 6.45) is 1.03. The zero-order valence-corrected chi connectivity index (χ0v) is 11.8. The van der Waals surface area contributed by atoms with Gasteiger partial charge in [-0.05, 0) is 42.8 Å². The van der Waals surface area contributed by atoms with Gasteiger partial charge in [0.1, 0.15) is 11.9 Å². The van der Waals surface area contributed by atoms with E-state index in [0.717, 1.165) is 24.2 Å². The number of aryl methyl sites for hydroxylation is 1. The lowest BCUT2D eigenvalue weighted by Crippen LogP contribution is -2.06. The van der Waals surface area contributed by atoms with Gasteiger partial charge in [-0.2, -0.15) is 5.26 Å². The molecule has 0 aliphatic carbocycles. The maximum Gasteiger partial charge on any atom is 0.122 e. The van der Waals surface area contributed by atoms with Crippen molar-refractivity contribution < 1.29 is 0 Å². The van der Waals surface area contributed by atoms with Crippen molar-refractivity contribution in [2.75, 3.05) is 5.73 Å². The molecule has 18 heavy (non-hydrogen) atoms. The molecule has 2 heterocycles. The molecule has 2 N–H and O–H groups in total. The van der Waals surface area contributed by atoms with Crippen LogP contribution < -0.4 is 5.73 Å². The standard InChI is InChI=1S/C14H17N3S/c1-4-11-5-6-18-13(11)8-17-10(3)9(2)12(7-15)14(17)16/h5-6H,4,8,16H2,1-3H3. The SMILES string of the molecule is CCc1ccsc1Cn1c(C)c(C)c(C#N)c1N.